The van der Waals surface area contributed by atoms with Crippen LogP contribution in [0.25, 0.3) is 22.1 Å². The van der Waals surface area contributed by atoms with Crippen molar-refractivity contribution in [2.45, 2.75) is 33.6 Å². The summed E-state index contributed by atoms with van der Waals surface area (Å²) in [5, 5.41) is 0.452. The van der Waals surface area contributed by atoms with E-state index in [2.05, 4.69) is 0 Å². The monoisotopic (exact) mass is 394 g/mol. The van der Waals surface area contributed by atoms with Crippen molar-refractivity contribution in [3.63, 3.8) is 0 Å². The van der Waals surface area contributed by atoms with Gasteiger partial charge in [0.15, 0.2) is 11.5 Å². The summed E-state index contributed by atoms with van der Waals surface area (Å²) in [7, 11) is 0. The van der Waals surface area contributed by atoms with E-state index in [-0.39, 0.29) is 17.8 Å². The summed E-state index contributed by atoms with van der Waals surface area (Å²) in [4.78, 5) is 25.1. The average molecular weight is 394 g/mol. The summed E-state index contributed by atoms with van der Waals surface area (Å²) in [6, 6.07) is 8.82. The first kappa shape index (κ1) is 19.1. The van der Waals surface area contributed by atoms with Gasteiger partial charge in [0.1, 0.15) is 30.3 Å². The van der Waals surface area contributed by atoms with Crippen molar-refractivity contribution in [2.75, 3.05) is 13.2 Å². The number of rotatable bonds is 4. The molecule has 6 nitrogen and oxygen atoms in total. The number of esters is 1. The van der Waals surface area contributed by atoms with Crippen LogP contribution in [0.3, 0.4) is 0 Å². The second-order valence-electron chi connectivity index (χ2n) is 6.86. The lowest BCUT2D eigenvalue weighted by Crippen LogP contribution is -2.15. The molecule has 2 aromatic carbocycles. The lowest BCUT2D eigenvalue weighted by Gasteiger charge is -2.19. The first-order valence-electron chi connectivity index (χ1n) is 9.72. The fraction of sp³-hybridized carbons (Fsp3) is 0.304. The summed E-state index contributed by atoms with van der Waals surface area (Å²) >= 11 is 0. The molecule has 150 valence electrons. The van der Waals surface area contributed by atoms with Gasteiger partial charge in [-0.05, 0) is 42.7 Å². The van der Waals surface area contributed by atoms with E-state index in [1.165, 1.54) is 0 Å². The highest BCUT2D eigenvalue weighted by molar-refractivity contribution is 5.86. The SMILES string of the molecule is CCC(=O)Oc1cc2oc(C)c(-c3ccc4c(c3)OCCO4)c(=O)c2cc1CC. The highest BCUT2D eigenvalue weighted by atomic mass is 16.6. The summed E-state index contributed by atoms with van der Waals surface area (Å²) in [5.74, 6) is 1.87. The van der Waals surface area contributed by atoms with Gasteiger partial charge in [-0.25, -0.2) is 0 Å². The van der Waals surface area contributed by atoms with Crippen LogP contribution < -0.4 is 19.6 Å². The number of hydrogen-bond acceptors (Lipinski definition) is 6. The molecule has 0 aliphatic carbocycles. The molecule has 0 fully saturated rings. The Morgan fingerprint density at radius 3 is 2.55 bits per heavy atom. The molecule has 6 heteroatoms. The van der Waals surface area contributed by atoms with Crippen molar-refractivity contribution >= 4 is 16.9 Å². The van der Waals surface area contributed by atoms with E-state index in [0.29, 0.717) is 64.7 Å². The fourth-order valence-corrected chi connectivity index (χ4v) is 3.48. The number of fused-ring (bicyclic) bond motifs is 2. The summed E-state index contributed by atoms with van der Waals surface area (Å²) in [6.07, 6.45) is 0.891. The van der Waals surface area contributed by atoms with E-state index in [4.69, 9.17) is 18.6 Å². The van der Waals surface area contributed by atoms with Gasteiger partial charge in [0.05, 0.1) is 10.9 Å². The molecule has 2 heterocycles. The van der Waals surface area contributed by atoms with Gasteiger partial charge in [-0.1, -0.05) is 19.9 Å². The number of benzene rings is 2. The van der Waals surface area contributed by atoms with Crippen molar-refractivity contribution < 1.29 is 23.4 Å². The minimum Gasteiger partial charge on any atom is -0.486 e. The van der Waals surface area contributed by atoms with E-state index in [9.17, 15) is 9.59 Å². The summed E-state index contributed by atoms with van der Waals surface area (Å²) in [6.45, 7) is 6.41. The maximum atomic E-state index is 13.3. The predicted octanol–water partition coefficient (Wildman–Crippen LogP) is 4.42. The molecule has 0 atom stereocenters. The molecule has 1 aliphatic rings. The summed E-state index contributed by atoms with van der Waals surface area (Å²) in [5.41, 5.74) is 2.23. The molecule has 0 saturated carbocycles. The molecule has 0 N–H and O–H groups in total. The third-order valence-corrected chi connectivity index (χ3v) is 4.97. The second kappa shape index (κ2) is 7.62. The zero-order valence-corrected chi connectivity index (χ0v) is 16.7. The van der Waals surface area contributed by atoms with E-state index < -0.39 is 0 Å². The van der Waals surface area contributed by atoms with Gasteiger partial charge in [-0.15, -0.1) is 0 Å². The predicted molar refractivity (Wildman–Crippen MR) is 109 cm³/mol. The molecule has 3 aromatic rings. The fourth-order valence-electron chi connectivity index (χ4n) is 3.48. The number of carbonyl (C=O) groups is 1. The van der Waals surface area contributed by atoms with Gasteiger partial charge in [-0.3, -0.25) is 9.59 Å². The quantitative estimate of drug-likeness (QED) is 0.482. The zero-order chi connectivity index (χ0) is 20.5. The third kappa shape index (κ3) is 3.46. The zero-order valence-electron chi connectivity index (χ0n) is 16.7. The van der Waals surface area contributed by atoms with Crippen molar-refractivity contribution in [3.8, 4) is 28.4 Å². The van der Waals surface area contributed by atoms with Gasteiger partial charge < -0.3 is 18.6 Å². The highest BCUT2D eigenvalue weighted by Gasteiger charge is 2.19. The van der Waals surface area contributed by atoms with Crippen LogP contribution in [0.4, 0.5) is 0 Å². The molecule has 0 saturated heterocycles. The minimum absolute atomic E-state index is 0.136. The molecular weight excluding hydrogens is 372 g/mol. The van der Waals surface area contributed by atoms with Crippen LogP contribution >= 0.6 is 0 Å². The Labute approximate surface area is 168 Å². The van der Waals surface area contributed by atoms with Crippen LogP contribution in [0.15, 0.2) is 39.5 Å². The molecule has 1 aliphatic heterocycles. The van der Waals surface area contributed by atoms with Gasteiger partial charge >= 0.3 is 5.97 Å². The number of aryl methyl sites for hydroxylation is 2. The topological polar surface area (TPSA) is 75.0 Å². The first-order valence-corrected chi connectivity index (χ1v) is 9.72. The number of ether oxygens (including phenoxy) is 3. The summed E-state index contributed by atoms with van der Waals surface area (Å²) < 4.78 is 22.6. The van der Waals surface area contributed by atoms with E-state index in [0.717, 1.165) is 5.56 Å². The second-order valence-corrected chi connectivity index (χ2v) is 6.86. The molecule has 29 heavy (non-hydrogen) atoms. The lowest BCUT2D eigenvalue weighted by atomic mass is 10.00. The Morgan fingerprint density at radius 1 is 1.07 bits per heavy atom. The Bertz CT molecular complexity index is 1160. The molecular formula is C23H22O6. The van der Waals surface area contributed by atoms with Crippen LogP contribution in [0.5, 0.6) is 17.2 Å². The van der Waals surface area contributed by atoms with Crippen LogP contribution in [0.1, 0.15) is 31.6 Å². The molecule has 0 bridgehead atoms. The van der Waals surface area contributed by atoms with E-state index in [1.54, 1.807) is 38.1 Å². The molecule has 0 radical (unpaired) electrons. The largest absolute Gasteiger partial charge is 0.486 e. The average Bonchev–Trinajstić information content (AvgIpc) is 2.73. The van der Waals surface area contributed by atoms with Crippen LogP contribution in [0, 0.1) is 6.92 Å². The number of hydrogen-bond donors (Lipinski definition) is 0. The normalized spacial score (nSPS) is 12.8. The third-order valence-electron chi connectivity index (χ3n) is 4.97. The van der Waals surface area contributed by atoms with Gasteiger partial charge in [0.2, 0.25) is 5.43 Å². The van der Waals surface area contributed by atoms with Crippen molar-refractivity contribution in [2.24, 2.45) is 0 Å². The molecule has 0 unspecified atom stereocenters. The smallest absolute Gasteiger partial charge is 0.310 e. The lowest BCUT2D eigenvalue weighted by molar-refractivity contribution is -0.134. The van der Waals surface area contributed by atoms with Crippen molar-refractivity contribution in [1.29, 1.82) is 0 Å². The molecule has 1 aromatic heterocycles. The van der Waals surface area contributed by atoms with Gasteiger partial charge in [0, 0.05) is 12.5 Å². The van der Waals surface area contributed by atoms with Crippen LogP contribution in [0.2, 0.25) is 0 Å². The standard InChI is InChI=1S/C23H22O6/c1-4-14-10-16-19(12-18(14)29-21(24)5-2)28-13(3)22(23(16)25)15-6-7-17-20(11-15)27-9-8-26-17/h6-7,10-12H,4-5,8-9H2,1-3H3. The van der Waals surface area contributed by atoms with Crippen LogP contribution in [-0.2, 0) is 11.2 Å². The Balaban J connectivity index is 1.87. The first-order chi connectivity index (χ1) is 14.0. The number of carbonyl (C=O) groups excluding carboxylic acids is 1. The van der Waals surface area contributed by atoms with Gasteiger partial charge in [0.25, 0.3) is 0 Å². The molecule has 0 spiro atoms. The van der Waals surface area contributed by atoms with Crippen LogP contribution in [-0.4, -0.2) is 19.2 Å². The van der Waals surface area contributed by atoms with Gasteiger partial charge in [-0.2, -0.15) is 0 Å². The van der Waals surface area contributed by atoms with E-state index >= 15 is 0 Å². The highest BCUT2D eigenvalue weighted by Crippen LogP contribution is 2.36. The Morgan fingerprint density at radius 2 is 1.83 bits per heavy atom. The maximum Gasteiger partial charge on any atom is 0.310 e. The Kier molecular flexibility index (Phi) is 5.01. The molecule has 4 rings (SSSR count). The minimum atomic E-state index is -0.328. The van der Waals surface area contributed by atoms with Crippen molar-refractivity contribution in [1.82, 2.24) is 0 Å². The molecule has 0 amide bonds. The maximum absolute atomic E-state index is 13.3. The van der Waals surface area contributed by atoms with Crippen molar-refractivity contribution in [3.05, 3.63) is 51.9 Å². The Hall–Kier alpha value is -3.28. The van der Waals surface area contributed by atoms with E-state index in [1.807, 2.05) is 13.0 Å².